The normalized spacial score (nSPS) is 14.9. The topological polar surface area (TPSA) is 9.86 Å². The van der Waals surface area contributed by atoms with Crippen molar-refractivity contribution in [3.8, 4) is 11.4 Å². The Kier molecular flexibility index (Phi) is 10.2. The molecule has 0 unspecified atom stereocenters. The molecule has 2 nitrogen and oxygen atoms in total. The molecular weight excluding hydrogens is 677 g/mol. The van der Waals surface area contributed by atoms with E-state index in [0.717, 1.165) is 0 Å². The molecule has 0 bridgehead atoms. The van der Waals surface area contributed by atoms with Crippen LogP contribution in [0.5, 0.6) is 0 Å². The van der Waals surface area contributed by atoms with Crippen LogP contribution in [0.25, 0.3) is 55.0 Å². The lowest BCUT2D eigenvalue weighted by molar-refractivity contribution is 0.514. The maximum atomic E-state index is 2.51. The van der Waals surface area contributed by atoms with Crippen molar-refractivity contribution in [1.82, 2.24) is 9.13 Å². The molecule has 2 heterocycles. The number of rotatable bonds is 5. The van der Waals surface area contributed by atoms with E-state index in [1.807, 2.05) is 0 Å². The Bertz CT molecular complexity index is 2630. The van der Waals surface area contributed by atoms with Gasteiger partial charge in [-0.3, -0.25) is 0 Å². The molecule has 0 aliphatic heterocycles. The van der Waals surface area contributed by atoms with E-state index in [2.05, 4.69) is 187 Å². The summed E-state index contributed by atoms with van der Waals surface area (Å²) in [6.07, 6.45) is 13.7. The predicted molar refractivity (Wildman–Crippen MR) is 240 cm³/mol. The summed E-state index contributed by atoms with van der Waals surface area (Å²) < 4.78 is 5.01. The van der Waals surface area contributed by atoms with Gasteiger partial charge in [0, 0.05) is 38.3 Å². The van der Waals surface area contributed by atoms with Crippen molar-refractivity contribution in [2.45, 2.75) is 89.4 Å². The number of hydrogen-bond acceptors (Lipinski definition) is 0. The second-order valence-corrected chi connectivity index (χ2v) is 16.6. The second-order valence-electron chi connectivity index (χ2n) is 16.6. The molecule has 9 rings (SSSR count). The zero-order chi connectivity index (χ0) is 37.9. The van der Waals surface area contributed by atoms with Gasteiger partial charge in [-0.1, -0.05) is 187 Å². The second kappa shape index (κ2) is 15.9. The van der Waals surface area contributed by atoms with Crippen molar-refractivity contribution in [3.63, 3.8) is 0 Å². The van der Waals surface area contributed by atoms with Gasteiger partial charge in [0.05, 0.1) is 22.1 Å². The molecule has 0 amide bonds. The highest BCUT2D eigenvalue weighted by Crippen LogP contribution is 2.43. The van der Waals surface area contributed by atoms with Crippen LogP contribution >= 0.6 is 0 Å². The fourth-order valence-corrected chi connectivity index (χ4v) is 9.58. The maximum Gasteiger partial charge on any atom is 0.0641 e. The third kappa shape index (κ3) is 6.81. The van der Waals surface area contributed by atoms with Gasteiger partial charge in [0.25, 0.3) is 0 Å². The third-order valence-corrected chi connectivity index (χ3v) is 12.7. The lowest BCUT2D eigenvalue weighted by Gasteiger charge is -2.26. The predicted octanol–water partition coefficient (Wildman–Crippen LogP) is 15.3. The van der Waals surface area contributed by atoms with Crippen LogP contribution in [-0.2, 0) is 5.41 Å². The van der Waals surface area contributed by atoms with Gasteiger partial charge >= 0.3 is 0 Å². The van der Waals surface area contributed by atoms with Crippen molar-refractivity contribution < 1.29 is 0 Å². The Hall–Kier alpha value is -5.60. The van der Waals surface area contributed by atoms with Crippen molar-refractivity contribution in [2.24, 2.45) is 0 Å². The molecular formula is C54H54N2. The molecule has 8 aromatic rings. The Morgan fingerprint density at radius 2 is 0.875 bits per heavy atom. The largest absolute Gasteiger partial charge is 0.309 e. The summed E-state index contributed by atoms with van der Waals surface area (Å²) in [5.41, 5.74) is 11.3. The summed E-state index contributed by atoms with van der Waals surface area (Å²) in [5.74, 6) is 0.665. The first-order chi connectivity index (χ1) is 27.6. The molecule has 0 radical (unpaired) electrons. The number of para-hydroxylation sites is 2. The summed E-state index contributed by atoms with van der Waals surface area (Å²) >= 11 is 0. The van der Waals surface area contributed by atoms with Crippen LogP contribution in [0.3, 0.4) is 0 Å². The van der Waals surface area contributed by atoms with Crippen LogP contribution in [0, 0.1) is 0 Å². The van der Waals surface area contributed by atoms with Crippen molar-refractivity contribution in [3.05, 3.63) is 180 Å². The Morgan fingerprint density at radius 1 is 0.393 bits per heavy atom. The van der Waals surface area contributed by atoms with Crippen LogP contribution in [-0.4, -0.2) is 9.13 Å². The molecule has 2 aromatic heterocycles. The van der Waals surface area contributed by atoms with Gasteiger partial charge in [-0.2, -0.15) is 0 Å². The summed E-state index contributed by atoms with van der Waals surface area (Å²) in [7, 11) is 0. The van der Waals surface area contributed by atoms with E-state index in [1.165, 1.54) is 136 Å². The molecule has 280 valence electrons. The molecule has 0 spiro atoms. The molecule has 0 saturated heterocycles. The first-order valence-electron chi connectivity index (χ1n) is 21.1. The highest BCUT2D eigenvalue weighted by molar-refractivity contribution is 6.26. The van der Waals surface area contributed by atoms with E-state index in [9.17, 15) is 0 Å². The van der Waals surface area contributed by atoms with Gasteiger partial charge in [0.15, 0.2) is 0 Å². The van der Waals surface area contributed by atoms with Gasteiger partial charge in [0.2, 0.25) is 0 Å². The Labute approximate surface area is 332 Å². The number of aromatic nitrogens is 2. The van der Waals surface area contributed by atoms with E-state index < -0.39 is 0 Å². The molecule has 0 atom stereocenters. The van der Waals surface area contributed by atoms with Gasteiger partial charge in [0.1, 0.15) is 0 Å². The maximum absolute atomic E-state index is 2.51. The summed E-state index contributed by atoms with van der Waals surface area (Å²) in [6, 6.07) is 60.7. The first kappa shape index (κ1) is 36.1. The van der Waals surface area contributed by atoms with Gasteiger partial charge in [-0.05, 0) is 77.9 Å². The zero-order valence-electron chi connectivity index (χ0n) is 33.1. The van der Waals surface area contributed by atoms with Crippen LogP contribution in [0.4, 0.5) is 0 Å². The van der Waals surface area contributed by atoms with Crippen LogP contribution in [0.2, 0.25) is 0 Å². The van der Waals surface area contributed by atoms with Gasteiger partial charge in [-0.25, -0.2) is 0 Å². The van der Waals surface area contributed by atoms with Gasteiger partial charge < -0.3 is 9.13 Å². The van der Waals surface area contributed by atoms with Gasteiger partial charge in [-0.15, -0.1) is 0 Å². The number of nitrogens with zero attached hydrogens (tertiary/aromatic N) is 2. The standard InChI is InChI=1S/C54H54N2/c1-54(2,42-24-16-12-8-5-9-13-17-25-42)43-32-36-45(37-33-43)56-49-28-20-18-26-46(49)47-38-39-51-52(53(47)56)48-27-19-21-29-50(48)55(51)44-34-30-41(31-35-44)40-22-14-10-6-3-4-7-11-15-23-40/h5,8-9,12-13,16-21,24-40H,3-4,6-7,10-11,14-15,22-23H2,1-2H3. The highest BCUT2D eigenvalue weighted by Gasteiger charge is 2.24. The van der Waals surface area contributed by atoms with E-state index in [1.54, 1.807) is 0 Å². The smallest absolute Gasteiger partial charge is 0.0641 e. The van der Waals surface area contributed by atoms with E-state index in [0.29, 0.717) is 5.92 Å². The van der Waals surface area contributed by atoms with E-state index >= 15 is 0 Å². The monoisotopic (exact) mass is 730 g/mol. The fourth-order valence-electron chi connectivity index (χ4n) is 9.58. The zero-order valence-corrected chi connectivity index (χ0v) is 33.1. The molecule has 56 heavy (non-hydrogen) atoms. The van der Waals surface area contributed by atoms with Crippen molar-refractivity contribution >= 4 is 43.6 Å². The number of fused-ring (bicyclic) bond motifs is 7. The quantitative estimate of drug-likeness (QED) is 0.167. The average molecular weight is 731 g/mol. The molecule has 1 aliphatic rings. The highest BCUT2D eigenvalue weighted by atomic mass is 15.0. The molecule has 2 heteroatoms. The lowest BCUT2D eigenvalue weighted by Crippen LogP contribution is -2.18. The molecule has 0 N–H and O–H groups in total. The number of hydrogen-bond donors (Lipinski definition) is 0. The average Bonchev–Trinajstić information content (AvgIpc) is 3.73. The minimum Gasteiger partial charge on any atom is -0.309 e. The van der Waals surface area contributed by atoms with Crippen LogP contribution < -0.4 is 0 Å². The summed E-state index contributed by atoms with van der Waals surface area (Å²) in [4.78, 5) is 0. The first-order valence-corrected chi connectivity index (χ1v) is 21.1. The fraction of sp³-hybridized carbons (Fsp3) is 0.259. The summed E-state index contributed by atoms with van der Waals surface area (Å²) in [6.45, 7) is 4.65. The Morgan fingerprint density at radius 3 is 1.52 bits per heavy atom. The van der Waals surface area contributed by atoms with Crippen molar-refractivity contribution in [2.75, 3.05) is 0 Å². The molecule has 6 aromatic carbocycles. The lowest BCUT2D eigenvalue weighted by atomic mass is 9.78. The van der Waals surface area contributed by atoms with E-state index in [4.69, 9.17) is 0 Å². The van der Waals surface area contributed by atoms with E-state index in [-0.39, 0.29) is 5.41 Å². The Balaban J connectivity index is 1.17. The SMILES string of the molecule is CC(C)(c1ccccccccc1)c1ccc(-n2c3ccccc3c3ccc4c(c5ccccc5n4-c4ccc(C5CCCCCCCCCC5)cc4)c32)cc1. The summed E-state index contributed by atoms with van der Waals surface area (Å²) in [5, 5.41) is 5.15. The van der Waals surface area contributed by atoms with Crippen LogP contribution in [0.1, 0.15) is 101 Å². The number of benzene rings is 5. The van der Waals surface area contributed by atoms with Crippen molar-refractivity contribution in [1.29, 1.82) is 0 Å². The molecule has 1 saturated carbocycles. The minimum atomic E-state index is -0.180. The molecule has 1 aliphatic carbocycles. The third-order valence-electron chi connectivity index (χ3n) is 12.7. The molecule has 1 fully saturated rings. The minimum absolute atomic E-state index is 0.180. The van der Waals surface area contributed by atoms with Crippen LogP contribution in [0.15, 0.2) is 164 Å².